The van der Waals surface area contributed by atoms with Crippen molar-refractivity contribution >= 4 is 22.7 Å². The molecule has 0 saturated carbocycles. The zero-order valence-electron chi connectivity index (χ0n) is 22.2. The van der Waals surface area contributed by atoms with E-state index in [2.05, 4.69) is 64.5 Å². The summed E-state index contributed by atoms with van der Waals surface area (Å²) in [4.78, 5) is 0. The summed E-state index contributed by atoms with van der Waals surface area (Å²) in [6, 6.07) is 13.9. The second-order valence-electron chi connectivity index (χ2n) is 9.28. The molecule has 7 nitrogen and oxygen atoms in total. The van der Waals surface area contributed by atoms with Gasteiger partial charge in [-0.15, -0.1) is 5.11 Å². The zero-order chi connectivity index (χ0) is 25.8. The van der Waals surface area contributed by atoms with Gasteiger partial charge < -0.3 is 5.11 Å². The molecule has 0 atom stereocenters. The highest BCUT2D eigenvalue weighted by Crippen LogP contribution is 2.33. The van der Waals surface area contributed by atoms with Crippen LogP contribution in [-0.2, 0) is 26.3 Å². The molecule has 1 aromatic heterocycles. The van der Waals surface area contributed by atoms with Gasteiger partial charge in [-0.05, 0) is 86.1 Å². The van der Waals surface area contributed by atoms with E-state index in [1.165, 1.54) is 41.5 Å². The Morgan fingerprint density at radius 1 is 0.667 bits per heavy atom. The van der Waals surface area contributed by atoms with Gasteiger partial charge >= 0.3 is 0 Å². The monoisotopic (exact) mass is 488 g/mol. The molecule has 0 bridgehead atoms. The first kappa shape index (κ1) is 27.2. The number of aryl methyl sites for hydroxylation is 4. The Labute approximate surface area is 215 Å². The smallest absolute Gasteiger partial charge is 0.238 e. The highest BCUT2D eigenvalue weighted by atomic mass is 16.3. The van der Waals surface area contributed by atoms with Crippen molar-refractivity contribution in [2.45, 2.75) is 85.0 Å². The van der Waals surface area contributed by atoms with Gasteiger partial charge in [0.1, 0.15) is 0 Å². The second-order valence-corrected chi connectivity index (χ2v) is 9.28. The molecule has 1 N–H and O–H groups in total. The van der Waals surface area contributed by atoms with E-state index in [0.29, 0.717) is 11.4 Å². The van der Waals surface area contributed by atoms with E-state index in [4.69, 9.17) is 0 Å². The summed E-state index contributed by atoms with van der Waals surface area (Å²) in [5.41, 5.74) is 6.36. The second kappa shape index (κ2) is 14.3. The summed E-state index contributed by atoms with van der Waals surface area (Å²) in [6.07, 6.45) is 11.0. The average molecular weight is 489 g/mol. The van der Waals surface area contributed by atoms with Crippen molar-refractivity contribution in [3.8, 4) is 5.88 Å². The van der Waals surface area contributed by atoms with Crippen molar-refractivity contribution in [1.29, 1.82) is 0 Å². The van der Waals surface area contributed by atoms with Gasteiger partial charge in [0.2, 0.25) is 5.88 Å². The van der Waals surface area contributed by atoms with Crippen LogP contribution in [0, 0.1) is 0 Å². The molecule has 0 saturated heterocycles. The van der Waals surface area contributed by atoms with E-state index in [-0.39, 0.29) is 5.88 Å². The highest BCUT2D eigenvalue weighted by Gasteiger charge is 2.15. The summed E-state index contributed by atoms with van der Waals surface area (Å²) in [5.74, 6) is 0.0367. The maximum atomic E-state index is 10.3. The number of rotatable bonds is 14. The number of aromatic hydroxyl groups is 1. The minimum absolute atomic E-state index is 0.0367. The molecule has 192 valence electrons. The number of aromatic nitrogens is 2. The fourth-order valence-electron chi connectivity index (χ4n) is 4.07. The third kappa shape index (κ3) is 7.83. The Kier molecular flexibility index (Phi) is 10.8. The first-order valence-electron chi connectivity index (χ1n) is 13.4. The fourth-order valence-corrected chi connectivity index (χ4v) is 4.07. The summed E-state index contributed by atoms with van der Waals surface area (Å²) < 4.78 is 1.45. The minimum Gasteiger partial charge on any atom is -0.492 e. The Hall–Kier alpha value is -3.35. The molecule has 0 amide bonds. The Morgan fingerprint density at radius 2 is 1.22 bits per heavy atom. The summed E-state index contributed by atoms with van der Waals surface area (Å²) in [6.45, 7) is 6.62. The van der Waals surface area contributed by atoms with Crippen LogP contribution in [-0.4, -0.2) is 14.9 Å². The molecular formula is C29H40N6O. The number of nitrogens with zero attached hydrogens (tertiary/aromatic N) is 6. The third-order valence-electron chi connectivity index (χ3n) is 6.26. The molecule has 0 aliphatic rings. The average Bonchev–Trinajstić information content (AvgIpc) is 3.17. The van der Waals surface area contributed by atoms with Crippen LogP contribution in [0.5, 0.6) is 5.88 Å². The highest BCUT2D eigenvalue weighted by molar-refractivity contribution is 5.53. The standard InChI is InChI=1S/C29H40N6O/c1-5-8-11-14-27-28(29(36)35(4)34-27)33-31-25-19-17-24(18-20-25)30-32-26-16-15-22(12-9-6-2)23(21-26)13-10-7-3/h15-21,36H,5-14H2,1-4H3. The third-order valence-corrected chi connectivity index (χ3v) is 6.26. The minimum atomic E-state index is 0.0367. The molecule has 0 aliphatic carbocycles. The Balaban J connectivity index is 1.69. The maximum absolute atomic E-state index is 10.3. The predicted molar refractivity (Wildman–Crippen MR) is 147 cm³/mol. The lowest BCUT2D eigenvalue weighted by molar-refractivity contribution is 0.420. The normalized spacial score (nSPS) is 11.8. The van der Waals surface area contributed by atoms with Crippen molar-refractivity contribution in [3.63, 3.8) is 0 Å². The van der Waals surface area contributed by atoms with Crippen LogP contribution in [0.4, 0.5) is 22.7 Å². The van der Waals surface area contributed by atoms with Gasteiger partial charge in [0, 0.05) is 7.05 Å². The topological polar surface area (TPSA) is 87.5 Å². The molecule has 0 spiro atoms. The van der Waals surface area contributed by atoms with E-state index >= 15 is 0 Å². The van der Waals surface area contributed by atoms with Gasteiger partial charge in [0.15, 0.2) is 5.69 Å². The summed E-state index contributed by atoms with van der Waals surface area (Å²) in [5, 5.41) is 32.2. The van der Waals surface area contributed by atoms with Crippen LogP contribution < -0.4 is 0 Å². The zero-order valence-corrected chi connectivity index (χ0v) is 22.2. The van der Waals surface area contributed by atoms with Gasteiger partial charge in [-0.3, -0.25) is 0 Å². The first-order chi connectivity index (χ1) is 17.5. The SMILES string of the molecule is CCCCCc1nn(C)c(O)c1N=Nc1ccc(N=Nc2ccc(CCCC)c(CCCC)c2)cc1. The molecular weight excluding hydrogens is 448 g/mol. The number of unbranched alkanes of at least 4 members (excludes halogenated alkanes) is 4. The lowest BCUT2D eigenvalue weighted by Crippen LogP contribution is -1.94. The first-order valence-corrected chi connectivity index (χ1v) is 13.4. The molecule has 2 aromatic carbocycles. The molecule has 0 radical (unpaired) electrons. The van der Waals surface area contributed by atoms with Gasteiger partial charge in [0.25, 0.3) is 0 Å². The fraction of sp³-hybridized carbons (Fsp3) is 0.483. The van der Waals surface area contributed by atoms with E-state index < -0.39 is 0 Å². The number of azo groups is 2. The maximum Gasteiger partial charge on any atom is 0.238 e. The van der Waals surface area contributed by atoms with Crippen LogP contribution in [0.3, 0.4) is 0 Å². The molecule has 36 heavy (non-hydrogen) atoms. The molecule has 0 fully saturated rings. The Morgan fingerprint density at radius 3 is 1.86 bits per heavy atom. The van der Waals surface area contributed by atoms with E-state index in [9.17, 15) is 5.11 Å². The van der Waals surface area contributed by atoms with Crippen LogP contribution in [0.15, 0.2) is 62.9 Å². The van der Waals surface area contributed by atoms with E-state index in [1.807, 2.05) is 24.3 Å². The van der Waals surface area contributed by atoms with Gasteiger partial charge in [-0.25, -0.2) is 4.68 Å². The van der Waals surface area contributed by atoms with Crippen molar-refractivity contribution in [3.05, 3.63) is 59.3 Å². The largest absolute Gasteiger partial charge is 0.492 e. The molecule has 3 aromatic rings. The van der Waals surface area contributed by atoms with Crippen molar-refractivity contribution in [2.24, 2.45) is 27.5 Å². The van der Waals surface area contributed by atoms with Gasteiger partial charge in [-0.2, -0.15) is 20.4 Å². The van der Waals surface area contributed by atoms with Crippen molar-refractivity contribution in [1.82, 2.24) is 9.78 Å². The van der Waals surface area contributed by atoms with Crippen LogP contribution in [0.1, 0.15) is 82.5 Å². The number of hydrogen-bond donors (Lipinski definition) is 1. The molecule has 7 heteroatoms. The number of hydrogen-bond acceptors (Lipinski definition) is 6. The van der Waals surface area contributed by atoms with Gasteiger partial charge in [0.05, 0.1) is 22.8 Å². The van der Waals surface area contributed by atoms with Crippen LogP contribution in [0.25, 0.3) is 0 Å². The predicted octanol–water partition coefficient (Wildman–Crippen LogP) is 9.37. The lowest BCUT2D eigenvalue weighted by Gasteiger charge is -2.09. The van der Waals surface area contributed by atoms with Crippen LogP contribution >= 0.6 is 0 Å². The quantitative estimate of drug-likeness (QED) is 0.181. The van der Waals surface area contributed by atoms with E-state index in [1.54, 1.807) is 7.05 Å². The molecule has 3 rings (SSSR count). The molecule has 0 unspecified atom stereocenters. The van der Waals surface area contributed by atoms with E-state index in [0.717, 1.165) is 55.6 Å². The van der Waals surface area contributed by atoms with Crippen LogP contribution in [0.2, 0.25) is 0 Å². The Bertz CT molecular complexity index is 1150. The molecule has 1 heterocycles. The molecule has 0 aliphatic heterocycles. The summed E-state index contributed by atoms with van der Waals surface area (Å²) >= 11 is 0. The van der Waals surface area contributed by atoms with Crippen molar-refractivity contribution in [2.75, 3.05) is 0 Å². The lowest BCUT2D eigenvalue weighted by atomic mass is 9.97. The number of benzene rings is 2. The summed E-state index contributed by atoms with van der Waals surface area (Å²) in [7, 11) is 1.71. The van der Waals surface area contributed by atoms with Gasteiger partial charge in [-0.1, -0.05) is 52.5 Å². The van der Waals surface area contributed by atoms with Crippen molar-refractivity contribution < 1.29 is 5.11 Å².